The van der Waals surface area contributed by atoms with Crippen LogP contribution in [0.1, 0.15) is 38.1 Å². The van der Waals surface area contributed by atoms with E-state index in [1.54, 1.807) is 11.3 Å². The number of para-hydroxylation sites is 1. The third-order valence-corrected chi connectivity index (χ3v) is 5.36. The molecule has 4 aromatic rings. The van der Waals surface area contributed by atoms with Gasteiger partial charge >= 0.3 is 5.97 Å². The maximum Gasteiger partial charge on any atom is 0.356 e. The lowest BCUT2D eigenvalue weighted by Gasteiger charge is -2.12. The highest BCUT2D eigenvalue weighted by molar-refractivity contribution is 6.28. The topological polar surface area (TPSA) is 64.8 Å². The zero-order valence-electron chi connectivity index (χ0n) is 16.2. The van der Waals surface area contributed by atoms with Gasteiger partial charge in [0.1, 0.15) is 5.69 Å². The van der Waals surface area contributed by atoms with Crippen LogP contribution in [0, 0.1) is 0 Å². The van der Waals surface area contributed by atoms with Crippen molar-refractivity contribution >= 4 is 34.0 Å². The first kappa shape index (κ1) is 18.1. The van der Waals surface area contributed by atoms with E-state index in [1.807, 2.05) is 60.7 Å². The fourth-order valence-electron chi connectivity index (χ4n) is 4.15. The molecule has 146 valence electrons. The monoisotopic (exact) mass is 395 g/mol. The molecule has 1 aliphatic carbocycles. The SMILES string of the molecule is CCOC(=O)c1c2c(c3cc(-c4ccccc4)c4ccccc4n13)C(=O)C=CC2=O. The fraction of sp³-hybridized carbons (Fsp3) is 0.0800. The van der Waals surface area contributed by atoms with E-state index in [-0.39, 0.29) is 35.0 Å². The predicted molar refractivity (Wildman–Crippen MR) is 114 cm³/mol. The molecule has 0 fully saturated rings. The van der Waals surface area contributed by atoms with E-state index in [0.29, 0.717) is 5.52 Å². The van der Waals surface area contributed by atoms with E-state index in [4.69, 9.17) is 4.74 Å². The number of ether oxygens (including phenoxy) is 1. The Balaban J connectivity index is 2.00. The molecule has 0 bridgehead atoms. The Morgan fingerprint density at radius 1 is 0.867 bits per heavy atom. The predicted octanol–water partition coefficient (Wildman–Crippen LogP) is 4.87. The van der Waals surface area contributed by atoms with Gasteiger partial charge in [0.05, 0.1) is 28.8 Å². The van der Waals surface area contributed by atoms with Crippen molar-refractivity contribution in [2.75, 3.05) is 6.61 Å². The summed E-state index contributed by atoms with van der Waals surface area (Å²) < 4.78 is 6.95. The summed E-state index contributed by atoms with van der Waals surface area (Å²) in [7, 11) is 0. The summed E-state index contributed by atoms with van der Waals surface area (Å²) in [4.78, 5) is 38.5. The van der Waals surface area contributed by atoms with Crippen LogP contribution in [-0.4, -0.2) is 28.5 Å². The van der Waals surface area contributed by atoms with Crippen LogP contribution in [0.15, 0.2) is 72.8 Å². The summed E-state index contributed by atoms with van der Waals surface area (Å²) in [6.45, 7) is 1.87. The van der Waals surface area contributed by atoms with Crippen molar-refractivity contribution in [1.82, 2.24) is 4.40 Å². The lowest BCUT2D eigenvalue weighted by Crippen LogP contribution is -2.16. The summed E-state index contributed by atoms with van der Waals surface area (Å²) >= 11 is 0. The minimum atomic E-state index is -0.622. The lowest BCUT2D eigenvalue weighted by molar-refractivity contribution is 0.0516. The summed E-state index contributed by atoms with van der Waals surface area (Å²) in [5.74, 6) is -1.29. The number of fused-ring (bicyclic) bond motifs is 5. The average molecular weight is 395 g/mol. The Morgan fingerprint density at radius 3 is 2.27 bits per heavy atom. The summed E-state index contributed by atoms with van der Waals surface area (Å²) in [5, 5.41) is 0.905. The smallest absolute Gasteiger partial charge is 0.356 e. The van der Waals surface area contributed by atoms with Gasteiger partial charge in [-0.05, 0) is 42.3 Å². The van der Waals surface area contributed by atoms with Gasteiger partial charge in [-0.15, -0.1) is 0 Å². The Labute approximate surface area is 172 Å². The standard InChI is InChI=1S/C25H17NO4/c1-2-30-25(29)24-23-21(28)13-12-20(27)22(23)19-14-17(15-8-4-3-5-9-15)16-10-6-7-11-18(16)26(19)24/h3-14H,2H2,1H3. The number of hydrogen-bond acceptors (Lipinski definition) is 4. The molecule has 0 amide bonds. The number of ketones is 2. The van der Waals surface area contributed by atoms with E-state index in [0.717, 1.165) is 22.0 Å². The van der Waals surface area contributed by atoms with Crippen LogP contribution in [0.3, 0.4) is 0 Å². The summed E-state index contributed by atoms with van der Waals surface area (Å²) in [6.07, 6.45) is 2.48. The molecule has 0 saturated carbocycles. The van der Waals surface area contributed by atoms with Gasteiger partial charge in [0.2, 0.25) is 0 Å². The number of pyridine rings is 1. The molecule has 0 atom stereocenters. The maximum absolute atomic E-state index is 12.9. The van der Waals surface area contributed by atoms with Crippen LogP contribution in [-0.2, 0) is 4.74 Å². The lowest BCUT2D eigenvalue weighted by atomic mass is 9.94. The molecular formula is C25H17NO4. The van der Waals surface area contributed by atoms with Crippen LogP contribution in [0.4, 0.5) is 0 Å². The molecule has 2 heterocycles. The molecule has 5 heteroatoms. The van der Waals surface area contributed by atoms with Gasteiger partial charge in [0.25, 0.3) is 0 Å². The second-order valence-corrected chi connectivity index (χ2v) is 7.04. The molecule has 5 rings (SSSR count). The van der Waals surface area contributed by atoms with Gasteiger partial charge < -0.3 is 9.14 Å². The average Bonchev–Trinajstić information content (AvgIpc) is 3.13. The van der Waals surface area contributed by atoms with Crippen molar-refractivity contribution < 1.29 is 19.1 Å². The molecule has 1 aliphatic rings. The molecule has 5 nitrogen and oxygen atoms in total. The number of allylic oxidation sites excluding steroid dienone is 2. The number of rotatable bonds is 3. The summed E-state index contributed by atoms with van der Waals surface area (Å²) in [6, 6.07) is 19.3. The van der Waals surface area contributed by atoms with Crippen molar-refractivity contribution in [3.63, 3.8) is 0 Å². The molecule has 0 spiro atoms. The second-order valence-electron chi connectivity index (χ2n) is 7.04. The number of carbonyl (C=O) groups excluding carboxylic acids is 3. The Bertz CT molecular complexity index is 1390. The molecule has 2 aromatic carbocycles. The third-order valence-electron chi connectivity index (χ3n) is 5.36. The van der Waals surface area contributed by atoms with Gasteiger partial charge in [-0.1, -0.05) is 48.5 Å². The fourth-order valence-corrected chi connectivity index (χ4v) is 4.15. The van der Waals surface area contributed by atoms with Crippen molar-refractivity contribution in [2.45, 2.75) is 6.92 Å². The third kappa shape index (κ3) is 2.52. The van der Waals surface area contributed by atoms with Crippen LogP contribution >= 0.6 is 0 Å². The van der Waals surface area contributed by atoms with Crippen LogP contribution in [0.2, 0.25) is 0 Å². The molecule has 2 aromatic heterocycles. The first-order valence-electron chi connectivity index (χ1n) is 9.71. The van der Waals surface area contributed by atoms with Gasteiger partial charge in [0, 0.05) is 5.39 Å². The second kappa shape index (κ2) is 6.81. The number of carbonyl (C=O) groups is 3. The first-order chi connectivity index (χ1) is 14.6. The quantitative estimate of drug-likeness (QED) is 0.464. The Kier molecular flexibility index (Phi) is 4.10. The van der Waals surface area contributed by atoms with E-state index in [9.17, 15) is 14.4 Å². The normalized spacial score (nSPS) is 13.1. The van der Waals surface area contributed by atoms with Crippen molar-refractivity contribution in [3.05, 3.63) is 89.6 Å². The Hall–Kier alpha value is -3.99. The number of hydrogen-bond donors (Lipinski definition) is 0. The van der Waals surface area contributed by atoms with Crippen LogP contribution in [0.25, 0.3) is 27.5 Å². The molecule has 0 unspecified atom stereocenters. The van der Waals surface area contributed by atoms with Gasteiger partial charge in [-0.2, -0.15) is 0 Å². The van der Waals surface area contributed by atoms with Gasteiger partial charge in [-0.3, -0.25) is 9.59 Å². The van der Waals surface area contributed by atoms with Crippen molar-refractivity contribution in [2.24, 2.45) is 0 Å². The number of aromatic nitrogens is 1. The largest absolute Gasteiger partial charge is 0.461 e. The number of benzene rings is 2. The molecule has 0 N–H and O–H groups in total. The minimum absolute atomic E-state index is 0.0976. The van der Waals surface area contributed by atoms with E-state index >= 15 is 0 Å². The maximum atomic E-state index is 12.9. The molecular weight excluding hydrogens is 378 g/mol. The van der Waals surface area contributed by atoms with E-state index in [1.165, 1.54) is 12.2 Å². The van der Waals surface area contributed by atoms with Crippen molar-refractivity contribution in [3.8, 4) is 11.1 Å². The van der Waals surface area contributed by atoms with Crippen LogP contribution in [0.5, 0.6) is 0 Å². The molecule has 0 saturated heterocycles. The number of nitrogens with zero attached hydrogens (tertiary/aromatic N) is 1. The minimum Gasteiger partial charge on any atom is -0.461 e. The van der Waals surface area contributed by atoms with Gasteiger partial charge in [0.15, 0.2) is 11.6 Å². The first-order valence-corrected chi connectivity index (χ1v) is 9.71. The number of esters is 1. The highest BCUT2D eigenvalue weighted by atomic mass is 16.5. The van der Waals surface area contributed by atoms with Crippen molar-refractivity contribution in [1.29, 1.82) is 0 Å². The van der Waals surface area contributed by atoms with Gasteiger partial charge in [-0.25, -0.2) is 4.79 Å². The summed E-state index contributed by atoms with van der Waals surface area (Å²) in [5.41, 5.74) is 3.60. The van der Waals surface area contributed by atoms with E-state index in [2.05, 4.69) is 0 Å². The Morgan fingerprint density at radius 2 is 1.53 bits per heavy atom. The molecule has 0 aliphatic heterocycles. The highest BCUT2D eigenvalue weighted by Crippen LogP contribution is 2.37. The zero-order chi connectivity index (χ0) is 20.8. The molecule has 0 radical (unpaired) electrons. The highest BCUT2D eigenvalue weighted by Gasteiger charge is 2.33. The van der Waals surface area contributed by atoms with Crippen LogP contribution < -0.4 is 0 Å². The molecule has 30 heavy (non-hydrogen) atoms. The zero-order valence-corrected chi connectivity index (χ0v) is 16.2. The van der Waals surface area contributed by atoms with E-state index < -0.39 is 5.97 Å².